The van der Waals surface area contributed by atoms with Gasteiger partial charge in [0.2, 0.25) is 0 Å². The first-order valence-electron chi connectivity index (χ1n) is 10.6. The van der Waals surface area contributed by atoms with E-state index in [2.05, 4.69) is 0 Å². The number of hydrogen-bond donors (Lipinski definition) is 2. The number of ether oxygens (including phenoxy) is 2. The normalized spacial score (nSPS) is 17.6. The summed E-state index contributed by atoms with van der Waals surface area (Å²) >= 11 is 0. The van der Waals surface area contributed by atoms with Crippen molar-refractivity contribution in [3.05, 3.63) is 58.7 Å². The molecule has 0 bridgehead atoms. The first kappa shape index (κ1) is 24.1. The molecule has 0 aromatic heterocycles. The summed E-state index contributed by atoms with van der Waals surface area (Å²) in [6, 6.07) is 8.95. The van der Waals surface area contributed by atoms with Crippen LogP contribution in [-0.2, 0) is 9.59 Å². The first-order chi connectivity index (χ1) is 15.7. The summed E-state index contributed by atoms with van der Waals surface area (Å²) < 4.78 is 10.5. The van der Waals surface area contributed by atoms with E-state index >= 15 is 0 Å². The number of phenolic OH excluding ortho intramolecular Hbond substituents is 1. The Labute approximate surface area is 193 Å². The number of aliphatic hydroxyl groups is 1. The maximum Gasteiger partial charge on any atom is 0.295 e. The molecule has 1 atom stereocenters. The first-order valence-corrected chi connectivity index (χ1v) is 10.6. The average molecular weight is 455 g/mol. The molecule has 8 nitrogen and oxygen atoms in total. The molecule has 1 heterocycles. The number of carbonyl (C=O) groups excluding carboxylic acids is 2. The van der Waals surface area contributed by atoms with Gasteiger partial charge < -0.3 is 29.5 Å². The summed E-state index contributed by atoms with van der Waals surface area (Å²) in [5, 5.41) is 21.3. The summed E-state index contributed by atoms with van der Waals surface area (Å²) in [7, 11) is 6.84. The van der Waals surface area contributed by atoms with Crippen molar-refractivity contribution in [3.8, 4) is 17.2 Å². The number of aryl methyl sites for hydroxylation is 1. The van der Waals surface area contributed by atoms with Gasteiger partial charge in [0.1, 0.15) is 11.5 Å². The van der Waals surface area contributed by atoms with Crippen LogP contribution in [0.15, 0.2) is 42.0 Å². The molecule has 1 fully saturated rings. The Hall–Kier alpha value is -3.52. The molecule has 0 saturated carbocycles. The Morgan fingerprint density at radius 1 is 1.09 bits per heavy atom. The van der Waals surface area contributed by atoms with Crippen LogP contribution in [0.25, 0.3) is 5.76 Å². The van der Waals surface area contributed by atoms with Gasteiger partial charge in [-0.05, 0) is 75.4 Å². The van der Waals surface area contributed by atoms with Gasteiger partial charge in [0, 0.05) is 12.1 Å². The lowest BCUT2D eigenvalue weighted by atomic mass is 9.93. The van der Waals surface area contributed by atoms with Crippen LogP contribution >= 0.6 is 0 Å². The van der Waals surface area contributed by atoms with Crippen molar-refractivity contribution in [2.24, 2.45) is 0 Å². The number of amides is 1. The number of ketones is 1. The largest absolute Gasteiger partial charge is 0.507 e. The second-order valence-electron chi connectivity index (χ2n) is 8.26. The number of benzene rings is 2. The highest BCUT2D eigenvalue weighted by atomic mass is 16.5. The number of aliphatic hydroxyl groups excluding tert-OH is 1. The molecular formula is C25H30N2O6. The van der Waals surface area contributed by atoms with E-state index < -0.39 is 17.7 Å². The van der Waals surface area contributed by atoms with Gasteiger partial charge in [-0.2, -0.15) is 0 Å². The molecule has 0 radical (unpaired) electrons. The van der Waals surface area contributed by atoms with Crippen molar-refractivity contribution in [1.29, 1.82) is 0 Å². The maximum absolute atomic E-state index is 13.1. The van der Waals surface area contributed by atoms with E-state index in [1.165, 1.54) is 18.1 Å². The number of methoxy groups -OCH3 is 2. The molecule has 2 aromatic rings. The van der Waals surface area contributed by atoms with E-state index in [0.29, 0.717) is 35.4 Å². The fraction of sp³-hybridized carbons (Fsp3) is 0.360. The van der Waals surface area contributed by atoms with E-state index in [0.717, 1.165) is 6.54 Å². The van der Waals surface area contributed by atoms with E-state index in [9.17, 15) is 19.8 Å². The minimum absolute atomic E-state index is 0.00543. The molecule has 1 aliphatic rings. The number of rotatable bonds is 8. The second kappa shape index (κ2) is 9.95. The van der Waals surface area contributed by atoms with Gasteiger partial charge in [0.15, 0.2) is 11.5 Å². The lowest BCUT2D eigenvalue weighted by Crippen LogP contribution is -2.32. The Kier molecular flexibility index (Phi) is 7.28. The standard InChI is InChI=1S/C25H30N2O6/c1-15-13-17(32-4)8-9-18(15)23(29)21-22(16-7-10-19(28)20(14-16)33-5)27(25(31)24(21)30)12-6-11-26(2)3/h7-10,13-14,22,28-29H,6,11-12H2,1-5H3/t22-/m1/s1. The number of carbonyl (C=O) groups is 2. The number of likely N-dealkylation sites (tertiary alicyclic amines) is 1. The Bertz CT molecular complexity index is 1090. The minimum Gasteiger partial charge on any atom is -0.507 e. The zero-order chi connectivity index (χ0) is 24.3. The molecule has 1 aliphatic heterocycles. The van der Waals surface area contributed by atoms with Crippen LogP contribution in [0.5, 0.6) is 17.2 Å². The van der Waals surface area contributed by atoms with Gasteiger partial charge in [0.25, 0.3) is 11.7 Å². The van der Waals surface area contributed by atoms with Crippen LogP contribution in [-0.4, -0.2) is 73.1 Å². The molecule has 2 aromatic carbocycles. The molecule has 1 amide bonds. The van der Waals surface area contributed by atoms with Gasteiger partial charge in [-0.15, -0.1) is 0 Å². The predicted octanol–water partition coefficient (Wildman–Crippen LogP) is 3.09. The second-order valence-corrected chi connectivity index (χ2v) is 8.26. The Morgan fingerprint density at radius 3 is 2.42 bits per heavy atom. The highest BCUT2D eigenvalue weighted by molar-refractivity contribution is 6.46. The molecule has 3 rings (SSSR count). The highest BCUT2D eigenvalue weighted by Crippen LogP contribution is 2.42. The van der Waals surface area contributed by atoms with Crippen molar-refractivity contribution in [2.75, 3.05) is 41.4 Å². The summed E-state index contributed by atoms with van der Waals surface area (Å²) in [6.45, 7) is 2.85. The number of nitrogens with zero attached hydrogens (tertiary/aromatic N) is 2. The van der Waals surface area contributed by atoms with Crippen LogP contribution in [0, 0.1) is 6.92 Å². The van der Waals surface area contributed by atoms with Gasteiger partial charge in [-0.3, -0.25) is 9.59 Å². The van der Waals surface area contributed by atoms with Gasteiger partial charge in [-0.25, -0.2) is 0 Å². The Morgan fingerprint density at radius 2 is 1.82 bits per heavy atom. The zero-order valence-electron chi connectivity index (χ0n) is 19.6. The number of Topliss-reactive ketones (excluding diaryl/α,β-unsaturated/α-hetero) is 1. The van der Waals surface area contributed by atoms with Crippen molar-refractivity contribution < 1.29 is 29.3 Å². The summed E-state index contributed by atoms with van der Waals surface area (Å²) in [5.41, 5.74) is 1.71. The quantitative estimate of drug-likeness (QED) is 0.359. The SMILES string of the molecule is COc1ccc(C(O)=C2C(=O)C(=O)N(CCCN(C)C)[C@@H]2c2ccc(O)c(OC)c2)c(C)c1. The monoisotopic (exact) mass is 454 g/mol. The van der Waals surface area contributed by atoms with Crippen molar-refractivity contribution >= 4 is 17.4 Å². The third-order valence-electron chi connectivity index (χ3n) is 5.75. The summed E-state index contributed by atoms with van der Waals surface area (Å²) in [6.07, 6.45) is 0.646. The predicted molar refractivity (Wildman–Crippen MR) is 125 cm³/mol. The molecule has 2 N–H and O–H groups in total. The third kappa shape index (κ3) is 4.80. The number of phenols is 1. The van der Waals surface area contributed by atoms with Crippen LogP contribution in [0.2, 0.25) is 0 Å². The maximum atomic E-state index is 13.1. The fourth-order valence-corrected chi connectivity index (χ4v) is 4.05. The smallest absolute Gasteiger partial charge is 0.295 e. The molecular weight excluding hydrogens is 424 g/mol. The van der Waals surface area contributed by atoms with Crippen LogP contribution in [0.3, 0.4) is 0 Å². The van der Waals surface area contributed by atoms with Crippen molar-refractivity contribution in [2.45, 2.75) is 19.4 Å². The van der Waals surface area contributed by atoms with E-state index in [1.54, 1.807) is 44.4 Å². The van der Waals surface area contributed by atoms with Gasteiger partial charge in [-0.1, -0.05) is 6.07 Å². The molecule has 176 valence electrons. The van der Waals surface area contributed by atoms with E-state index in [-0.39, 0.29) is 22.8 Å². The highest BCUT2D eigenvalue weighted by Gasteiger charge is 2.46. The van der Waals surface area contributed by atoms with Crippen LogP contribution in [0.1, 0.15) is 29.2 Å². The zero-order valence-corrected chi connectivity index (χ0v) is 19.6. The van der Waals surface area contributed by atoms with Crippen LogP contribution in [0.4, 0.5) is 0 Å². The lowest BCUT2D eigenvalue weighted by Gasteiger charge is -2.26. The summed E-state index contributed by atoms with van der Waals surface area (Å²) in [5.74, 6) is -0.888. The van der Waals surface area contributed by atoms with Crippen LogP contribution < -0.4 is 9.47 Å². The van der Waals surface area contributed by atoms with Crippen molar-refractivity contribution in [3.63, 3.8) is 0 Å². The van der Waals surface area contributed by atoms with E-state index in [1.807, 2.05) is 19.0 Å². The number of aromatic hydroxyl groups is 1. The lowest BCUT2D eigenvalue weighted by molar-refractivity contribution is -0.139. The molecule has 0 aliphatic carbocycles. The molecule has 33 heavy (non-hydrogen) atoms. The molecule has 1 saturated heterocycles. The topological polar surface area (TPSA) is 99.5 Å². The van der Waals surface area contributed by atoms with Crippen molar-refractivity contribution in [1.82, 2.24) is 9.80 Å². The fourth-order valence-electron chi connectivity index (χ4n) is 4.05. The minimum atomic E-state index is -0.817. The third-order valence-corrected chi connectivity index (χ3v) is 5.75. The van der Waals surface area contributed by atoms with E-state index in [4.69, 9.17) is 9.47 Å². The Balaban J connectivity index is 2.16. The molecule has 0 unspecified atom stereocenters. The molecule has 8 heteroatoms. The van der Waals surface area contributed by atoms with Gasteiger partial charge >= 0.3 is 0 Å². The number of hydrogen-bond acceptors (Lipinski definition) is 7. The summed E-state index contributed by atoms with van der Waals surface area (Å²) in [4.78, 5) is 29.6. The average Bonchev–Trinajstić information content (AvgIpc) is 3.03. The van der Waals surface area contributed by atoms with Gasteiger partial charge in [0.05, 0.1) is 25.8 Å². The molecule has 0 spiro atoms.